The third-order valence-electron chi connectivity index (χ3n) is 2.74. The third-order valence-corrected chi connectivity index (χ3v) is 2.74. The highest BCUT2D eigenvalue weighted by Crippen LogP contribution is 2.04. The normalized spacial score (nSPS) is 10.3. The molecule has 4 heteroatoms. The van der Waals surface area contributed by atoms with Gasteiger partial charge >= 0.3 is 0 Å². The first-order chi connectivity index (χ1) is 8.34. The van der Waals surface area contributed by atoms with Crippen molar-refractivity contribution in [2.75, 3.05) is 13.1 Å². The van der Waals surface area contributed by atoms with Gasteiger partial charge in [-0.3, -0.25) is 9.59 Å². The van der Waals surface area contributed by atoms with Gasteiger partial charge in [0.2, 0.25) is 11.8 Å². The summed E-state index contributed by atoms with van der Waals surface area (Å²) in [6.07, 6.45) is 2.60. The van der Waals surface area contributed by atoms with Crippen LogP contribution in [0.2, 0.25) is 0 Å². The van der Waals surface area contributed by atoms with E-state index in [4.69, 9.17) is 0 Å². The van der Waals surface area contributed by atoms with E-state index in [9.17, 15) is 9.59 Å². The van der Waals surface area contributed by atoms with Gasteiger partial charge in [-0.15, -0.1) is 0 Å². The smallest absolute Gasteiger partial charge is 0.246 e. The van der Waals surface area contributed by atoms with Gasteiger partial charge in [0.05, 0.1) is 0 Å². The van der Waals surface area contributed by atoms with Crippen LogP contribution in [0.3, 0.4) is 0 Å². The number of carbonyl (C=O) groups excluding carboxylic acids is 2. The van der Waals surface area contributed by atoms with Gasteiger partial charge in [0, 0.05) is 25.2 Å². The van der Waals surface area contributed by atoms with Crippen molar-refractivity contribution < 1.29 is 9.59 Å². The van der Waals surface area contributed by atoms with E-state index in [1.54, 1.807) is 9.80 Å². The Bertz CT molecular complexity index is 290. The molecule has 0 aliphatic rings. The SMILES string of the molecule is C=CC(=O)N(CCN(C(=O)C=C)C(C)C)C(C)C. The van der Waals surface area contributed by atoms with Crippen molar-refractivity contribution in [3.8, 4) is 0 Å². The maximum Gasteiger partial charge on any atom is 0.246 e. The minimum absolute atomic E-state index is 0.0864. The van der Waals surface area contributed by atoms with Crippen LogP contribution in [0.25, 0.3) is 0 Å². The fourth-order valence-corrected chi connectivity index (χ4v) is 1.70. The zero-order chi connectivity index (χ0) is 14.3. The minimum Gasteiger partial charge on any atom is -0.335 e. The predicted molar refractivity (Wildman–Crippen MR) is 74.1 cm³/mol. The highest BCUT2D eigenvalue weighted by Gasteiger charge is 2.18. The molecule has 0 rings (SSSR count). The van der Waals surface area contributed by atoms with Crippen LogP contribution < -0.4 is 0 Å². The predicted octanol–water partition coefficient (Wildman–Crippen LogP) is 1.83. The average Bonchev–Trinajstić information content (AvgIpc) is 2.31. The molecule has 0 saturated heterocycles. The van der Waals surface area contributed by atoms with Gasteiger partial charge in [0.25, 0.3) is 0 Å². The number of carbonyl (C=O) groups is 2. The van der Waals surface area contributed by atoms with Crippen LogP contribution in [0.1, 0.15) is 27.7 Å². The molecule has 0 bridgehead atoms. The van der Waals surface area contributed by atoms with Crippen LogP contribution in [-0.4, -0.2) is 46.8 Å². The highest BCUT2D eigenvalue weighted by molar-refractivity contribution is 5.88. The Morgan fingerprint density at radius 1 is 0.889 bits per heavy atom. The second-order valence-electron chi connectivity index (χ2n) is 4.66. The van der Waals surface area contributed by atoms with Crippen LogP contribution >= 0.6 is 0 Å². The van der Waals surface area contributed by atoms with E-state index in [0.717, 1.165) is 0 Å². The summed E-state index contributed by atoms with van der Waals surface area (Å²) in [6, 6.07) is 0.173. The fourth-order valence-electron chi connectivity index (χ4n) is 1.70. The van der Waals surface area contributed by atoms with E-state index < -0.39 is 0 Å². The summed E-state index contributed by atoms with van der Waals surface area (Å²) in [4.78, 5) is 26.7. The van der Waals surface area contributed by atoms with Crippen molar-refractivity contribution in [2.45, 2.75) is 39.8 Å². The van der Waals surface area contributed by atoms with Gasteiger partial charge in [0.15, 0.2) is 0 Å². The lowest BCUT2D eigenvalue weighted by Gasteiger charge is -2.31. The first-order valence-corrected chi connectivity index (χ1v) is 6.21. The Kier molecular flexibility index (Phi) is 7.01. The van der Waals surface area contributed by atoms with Gasteiger partial charge in [0.1, 0.15) is 0 Å². The van der Waals surface area contributed by atoms with Gasteiger partial charge < -0.3 is 9.80 Å². The molecular formula is C14H24N2O2. The second-order valence-corrected chi connectivity index (χ2v) is 4.66. The van der Waals surface area contributed by atoms with Crippen LogP contribution in [0, 0.1) is 0 Å². The van der Waals surface area contributed by atoms with Crippen LogP contribution in [0.4, 0.5) is 0 Å². The maximum absolute atomic E-state index is 11.7. The molecule has 0 spiro atoms. The molecule has 0 radical (unpaired) electrons. The van der Waals surface area contributed by atoms with E-state index in [1.165, 1.54) is 12.2 Å². The Balaban J connectivity index is 4.66. The molecule has 0 N–H and O–H groups in total. The molecule has 0 aromatic carbocycles. The van der Waals surface area contributed by atoms with E-state index in [0.29, 0.717) is 13.1 Å². The molecule has 0 atom stereocenters. The van der Waals surface area contributed by atoms with E-state index in [1.807, 2.05) is 27.7 Å². The Hall–Kier alpha value is -1.58. The summed E-state index contributed by atoms with van der Waals surface area (Å²) in [5.41, 5.74) is 0. The van der Waals surface area contributed by atoms with Crippen molar-refractivity contribution in [2.24, 2.45) is 0 Å². The Morgan fingerprint density at radius 3 is 1.33 bits per heavy atom. The molecule has 2 amide bonds. The summed E-state index contributed by atoms with van der Waals surface area (Å²) in [6.45, 7) is 15.7. The first kappa shape index (κ1) is 16.4. The maximum atomic E-state index is 11.7. The summed E-state index contributed by atoms with van der Waals surface area (Å²) < 4.78 is 0. The largest absolute Gasteiger partial charge is 0.335 e. The van der Waals surface area contributed by atoms with Crippen molar-refractivity contribution in [3.05, 3.63) is 25.3 Å². The molecule has 0 aliphatic heterocycles. The molecule has 0 aromatic heterocycles. The number of amides is 2. The quantitative estimate of drug-likeness (QED) is 0.649. The molecule has 0 aromatic rings. The van der Waals surface area contributed by atoms with Crippen LogP contribution in [0.5, 0.6) is 0 Å². The van der Waals surface area contributed by atoms with Crippen molar-refractivity contribution in [1.29, 1.82) is 0 Å². The number of hydrogen-bond acceptors (Lipinski definition) is 2. The molecule has 102 valence electrons. The Labute approximate surface area is 110 Å². The van der Waals surface area contributed by atoms with E-state index in [2.05, 4.69) is 13.2 Å². The topological polar surface area (TPSA) is 40.6 Å². The van der Waals surface area contributed by atoms with Crippen LogP contribution in [0.15, 0.2) is 25.3 Å². The van der Waals surface area contributed by atoms with Gasteiger partial charge in [-0.05, 0) is 39.8 Å². The number of nitrogens with zero attached hydrogens (tertiary/aromatic N) is 2. The van der Waals surface area contributed by atoms with Crippen molar-refractivity contribution in [1.82, 2.24) is 9.80 Å². The number of hydrogen-bond donors (Lipinski definition) is 0. The molecule has 0 fully saturated rings. The zero-order valence-electron chi connectivity index (χ0n) is 11.8. The molecule has 18 heavy (non-hydrogen) atoms. The molecular weight excluding hydrogens is 228 g/mol. The standard InChI is InChI=1S/C14H24N2O2/c1-7-13(17)15(11(3)4)9-10-16(12(5)6)14(18)8-2/h7-8,11-12H,1-2,9-10H2,3-6H3. The Morgan fingerprint density at radius 2 is 1.17 bits per heavy atom. The first-order valence-electron chi connectivity index (χ1n) is 6.21. The molecule has 4 nitrogen and oxygen atoms in total. The second kappa shape index (κ2) is 7.69. The molecule has 0 heterocycles. The summed E-state index contributed by atoms with van der Waals surface area (Å²) in [7, 11) is 0. The zero-order valence-corrected chi connectivity index (χ0v) is 11.8. The lowest BCUT2D eigenvalue weighted by molar-refractivity contribution is -0.132. The fraction of sp³-hybridized carbons (Fsp3) is 0.571. The number of rotatable bonds is 7. The average molecular weight is 252 g/mol. The van der Waals surface area contributed by atoms with E-state index in [-0.39, 0.29) is 23.9 Å². The van der Waals surface area contributed by atoms with Crippen LogP contribution in [-0.2, 0) is 9.59 Å². The van der Waals surface area contributed by atoms with Crippen molar-refractivity contribution in [3.63, 3.8) is 0 Å². The van der Waals surface area contributed by atoms with Gasteiger partial charge in [-0.25, -0.2) is 0 Å². The summed E-state index contributed by atoms with van der Waals surface area (Å²) in [5.74, 6) is -0.223. The molecule has 0 saturated carbocycles. The third kappa shape index (κ3) is 4.73. The summed E-state index contributed by atoms with van der Waals surface area (Å²) in [5, 5.41) is 0. The van der Waals surface area contributed by atoms with Gasteiger partial charge in [-0.1, -0.05) is 13.2 Å². The van der Waals surface area contributed by atoms with Crippen molar-refractivity contribution >= 4 is 11.8 Å². The van der Waals surface area contributed by atoms with Gasteiger partial charge in [-0.2, -0.15) is 0 Å². The summed E-state index contributed by atoms with van der Waals surface area (Å²) >= 11 is 0. The molecule has 0 unspecified atom stereocenters. The molecule has 0 aliphatic carbocycles. The highest BCUT2D eigenvalue weighted by atomic mass is 16.2. The monoisotopic (exact) mass is 252 g/mol. The van der Waals surface area contributed by atoms with E-state index >= 15 is 0 Å². The lowest BCUT2D eigenvalue weighted by atomic mass is 10.2. The minimum atomic E-state index is -0.111. The lowest BCUT2D eigenvalue weighted by Crippen LogP contribution is -2.45.